The molecule has 3 amide bonds. The molecule has 3 aromatic rings. The van der Waals surface area contributed by atoms with Crippen LogP contribution >= 0.6 is 0 Å². The molecule has 3 rings (SSSR count). The van der Waals surface area contributed by atoms with Crippen molar-refractivity contribution >= 4 is 40.6 Å². The van der Waals surface area contributed by atoms with E-state index >= 15 is 0 Å². The molecular weight excluding hydrogens is 486 g/mol. The van der Waals surface area contributed by atoms with E-state index in [1.54, 1.807) is 6.20 Å². The summed E-state index contributed by atoms with van der Waals surface area (Å²) in [6.07, 6.45) is 3.44. The number of amides is 3. The average Bonchev–Trinajstić information content (AvgIpc) is 3.52. The molecule has 14 heteroatoms. The topological polar surface area (TPSA) is 232 Å². The van der Waals surface area contributed by atoms with E-state index in [1.165, 1.54) is 12.5 Å². The number of fused-ring (bicyclic) bond motifs is 1. The van der Waals surface area contributed by atoms with E-state index in [4.69, 9.17) is 5.73 Å². The van der Waals surface area contributed by atoms with Crippen LogP contribution in [-0.2, 0) is 36.8 Å². The fourth-order valence-electron chi connectivity index (χ4n) is 3.73. The Bertz CT molecular complexity index is 1270. The van der Waals surface area contributed by atoms with Gasteiger partial charge in [-0.2, -0.15) is 0 Å². The molecule has 0 bridgehead atoms. The molecular formula is C23H27N7O7. The van der Waals surface area contributed by atoms with E-state index in [0.717, 1.165) is 10.9 Å². The molecule has 0 aliphatic heterocycles. The SMILES string of the molecule is NCC(=O)NC(Cc1c[nH]c2ccccc12)C(=O)NC(CC(=O)O)C(=O)NC(Cc1cnc[nH]1)C(=O)O. The molecule has 3 unspecified atom stereocenters. The highest BCUT2D eigenvalue weighted by Gasteiger charge is 2.31. The number of rotatable bonds is 13. The van der Waals surface area contributed by atoms with E-state index < -0.39 is 60.8 Å². The van der Waals surface area contributed by atoms with Crippen molar-refractivity contribution < 1.29 is 34.2 Å². The van der Waals surface area contributed by atoms with Crippen LogP contribution in [0, 0.1) is 0 Å². The van der Waals surface area contributed by atoms with Crippen LogP contribution < -0.4 is 21.7 Å². The second-order valence-corrected chi connectivity index (χ2v) is 8.23. The van der Waals surface area contributed by atoms with Crippen molar-refractivity contribution in [3.63, 3.8) is 0 Å². The van der Waals surface area contributed by atoms with Crippen LogP contribution in [0.25, 0.3) is 10.9 Å². The quantitative estimate of drug-likeness (QED) is 0.135. The molecule has 3 atom stereocenters. The zero-order valence-electron chi connectivity index (χ0n) is 19.6. The Labute approximate surface area is 210 Å². The Morgan fingerprint density at radius 2 is 1.62 bits per heavy atom. The Morgan fingerprint density at radius 3 is 2.27 bits per heavy atom. The molecule has 2 heterocycles. The summed E-state index contributed by atoms with van der Waals surface area (Å²) in [5, 5.41) is 26.7. The van der Waals surface area contributed by atoms with Gasteiger partial charge in [-0.15, -0.1) is 0 Å². The van der Waals surface area contributed by atoms with Gasteiger partial charge in [-0.25, -0.2) is 9.78 Å². The Morgan fingerprint density at radius 1 is 0.919 bits per heavy atom. The van der Waals surface area contributed by atoms with Crippen LogP contribution in [0.15, 0.2) is 43.0 Å². The third-order valence-corrected chi connectivity index (χ3v) is 5.54. The first kappa shape index (κ1) is 26.9. The molecule has 1 aromatic carbocycles. The van der Waals surface area contributed by atoms with Crippen molar-refractivity contribution in [2.24, 2.45) is 5.73 Å². The summed E-state index contributed by atoms with van der Waals surface area (Å²) < 4.78 is 0. The maximum atomic E-state index is 13.1. The van der Waals surface area contributed by atoms with Gasteiger partial charge in [0, 0.05) is 41.8 Å². The monoisotopic (exact) mass is 513 g/mol. The van der Waals surface area contributed by atoms with Gasteiger partial charge in [0.05, 0.1) is 19.3 Å². The number of para-hydroxylation sites is 1. The van der Waals surface area contributed by atoms with Gasteiger partial charge in [-0.3, -0.25) is 19.2 Å². The maximum Gasteiger partial charge on any atom is 0.326 e. The van der Waals surface area contributed by atoms with Gasteiger partial charge in [-0.1, -0.05) is 18.2 Å². The Balaban J connectivity index is 1.78. The van der Waals surface area contributed by atoms with Gasteiger partial charge in [0.2, 0.25) is 17.7 Å². The van der Waals surface area contributed by atoms with Gasteiger partial charge in [0.15, 0.2) is 0 Å². The van der Waals surface area contributed by atoms with Gasteiger partial charge in [0.1, 0.15) is 18.1 Å². The number of nitrogens with two attached hydrogens (primary N) is 1. The molecule has 37 heavy (non-hydrogen) atoms. The second kappa shape index (κ2) is 12.3. The van der Waals surface area contributed by atoms with E-state index in [1.807, 2.05) is 24.3 Å². The van der Waals surface area contributed by atoms with Crippen LogP contribution in [0.2, 0.25) is 0 Å². The summed E-state index contributed by atoms with van der Waals surface area (Å²) in [6, 6.07) is 3.07. The molecule has 0 saturated heterocycles. The zero-order chi connectivity index (χ0) is 26.9. The first-order valence-corrected chi connectivity index (χ1v) is 11.2. The van der Waals surface area contributed by atoms with Crippen molar-refractivity contribution in [1.29, 1.82) is 0 Å². The molecule has 0 saturated carbocycles. The largest absolute Gasteiger partial charge is 0.481 e. The number of hydrogen-bond acceptors (Lipinski definition) is 7. The van der Waals surface area contributed by atoms with E-state index in [2.05, 4.69) is 30.9 Å². The Hall–Kier alpha value is -4.72. The average molecular weight is 514 g/mol. The first-order chi connectivity index (χ1) is 17.7. The van der Waals surface area contributed by atoms with Crippen molar-refractivity contribution in [3.8, 4) is 0 Å². The van der Waals surface area contributed by atoms with E-state index in [9.17, 15) is 34.2 Å². The Kier molecular flexibility index (Phi) is 8.94. The van der Waals surface area contributed by atoms with E-state index in [0.29, 0.717) is 11.3 Å². The van der Waals surface area contributed by atoms with Crippen molar-refractivity contribution in [3.05, 3.63) is 54.2 Å². The normalized spacial score (nSPS) is 13.3. The van der Waals surface area contributed by atoms with Crippen LogP contribution in [0.1, 0.15) is 17.7 Å². The maximum absolute atomic E-state index is 13.1. The molecule has 0 aliphatic carbocycles. The number of aromatic nitrogens is 3. The number of benzene rings is 1. The van der Waals surface area contributed by atoms with E-state index in [-0.39, 0.29) is 12.8 Å². The minimum absolute atomic E-state index is 0.0145. The van der Waals surface area contributed by atoms with Gasteiger partial charge in [0.25, 0.3) is 0 Å². The molecule has 0 fully saturated rings. The molecule has 9 N–H and O–H groups in total. The van der Waals surface area contributed by atoms with Crippen LogP contribution in [-0.4, -0.2) is 79.5 Å². The lowest BCUT2D eigenvalue weighted by Crippen LogP contribution is -2.57. The number of hydrogen-bond donors (Lipinski definition) is 8. The minimum Gasteiger partial charge on any atom is -0.481 e. The number of nitrogens with one attached hydrogen (secondary N) is 5. The van der Waals surface area contributed by atoms with Gasteiger partial charge in [-0.05, 0) is 11.6 Å². The smallest absolute Gasteiger partial charge is 0.326 e. The molecule has 14 nitrogen and oxygen atoms in total. The van der Waals surface area contributed by atoms with Gasteiger partial charge >= 0.3 is 11.9 Å². The number of aromatic amines is 2. The molecule has 0 spiro atoms. The number of carbonyl (C=O) groups is 5. The molecule has 0 radical (unpaired) electrons. The summed E-state index contributed by atoms with van der Waals surface area (Å²) in [5.41, 5.74) is 7.31. The standard InChI is InChI=1S/C23H27N7O7/c24-8-19(31)28-16(5-12-9-26-15-4-2-1-3-14(12)15)21(34)29-17(7-20(32)33)22(35)30-18(23(36)37)6-13-10-25-11-27-13/h1-4,9-11,16-18,26H,5-8,24H2,(H,25,27)(H,28,31)(H,29,34)(H,30,35)(H,32,33)(H,36,37). The number of carbonyl (C=O) groups excluding carboxylic acids is 3. The first-order valence-electron chi connectivity index (χ1n) is 11.2. The lowest BCUT2D eigenvalue weighted by Gasteiger charge is -2.23. The van der Waals surface area contributed by atoms with Gasteiger partial charge < -0.3 is 41.9 Å². The van der Waals surface area contributed by atoms with Crippen LogP contribution in [0.4, 0.5) is 0 Å². The fourth-order valence-corrected chi connectivity index (χ4v) is 3.73. The third-order valence-electron chi connectivity index (χ3n) is 5.54. The lowest BCUT2D eigenvalue weighted by atomic mass is 10.0. The molecule has 196 valence electrons. The highest BCUT2D eigenvalue weighted by atomic mass is 16.4. The van der Waals surface area contributed by atoms with Crippen molar-refractivity contribution in [2.75, 3.05) is 6.54 Å². The summed E-state index contributed by atoms with van der Waals surface area (Å²) in [6.45, 7) is -0.398. The lowest BCUT2D eigenvalue weighted by molar-refractivity contribution is -0.143. The molecule has 0 aliphatic rings. The second-order valence-electron chi connectivity index (χ2n) is 8.23. The van der Waals surface area contributed by atoms with Crippen molar-refractivity contribution in [2.45, 2.75) is 37.4 Å². The number of aliphatic carboxylic acids is 2. The summed E-state index contributed by atoms with van der Waals surface area (Å²) in [4.78, 5) is 70.7. The number of imidazole rings is 1. The zero-order valence-corrected chi connectivity index (χ0v) is 19.6. The highest BCUT2D eigenvalue weighted by molar-refractivity contribution is 5.96. The van der Waals surface area contributed by atoms with Crippen LogP contribution in [0.5, 0.6) is 0 Å². The number of carboxylic acids is 2. The molecule has 2 aromatic heterocycles. The highest BCUT2D eigenvalue weighted by Crippen LogP contribution is 2.19. The number of carboxylic acid groups (broad SMARTS) is 2. The number of nitrogens with zero attached hydrogens (tertiary/aromatic N) is 1. The number of H-pyrrole nitrogens is 2. The summed E-state index contributed by atoms with van der Waals surface area (Å²) >= 11 is 0. The summed E-state index contributed by atoms with van der Waals surface area (Å²) in [7, 11) is 0. The minimum atomic E-state index is -1.62. The predicted octanol–water partition coefficient (Wildman–Crippen LogP) is -1.35. The third kappa shape index (κ3) is 7.38. The van der Waals surface area contributed by atoms with Crippen molar-refractivity contribution in [1.82, 2.24) is 30.9 Å². The predicted molar refractivity (Wildman–Crippen MR) is 129 cm³/mol. The van der Waals surface area contributed by atoms with Crippen LogP contribution in [0.3, 0.4) is 0 Å². The summed E-state index contributed by atoms with van der Waals surface area (Å²) in [5.74, 6) is -5.26. The fraction of sp³-hybridized carbons (Fsp3) is 0.304.